The molecule has 0 bridgehead atoms. The van der Waals surface area contributed by atoms with Gasteiger partial charge in [0.25, 0.3) is 15.9 Å². The standard InChI is InChI=1S/C28H24ClF2N3O4S/c29-21-9-2-1-8-20(21)28(36)11-5-14-34(15-12-28)27(35)25-22(30)16-19(17-23(25)31)33-39(37,38)24-10-3-6-18-7-4-13-32-26(18)24/h1-4,6-10,13,16-17,33,36H,5,11-12,14-15H2. The number of pyridine rings is 1. The Balaban J connectivity index is 1.37. The van der Waals surface area contributed by atoms with Crippen molar-refractivity contribution in [2.24, 2.45) is 0 Å². The minimum atomic E-state index is -4.25. The molecule has 1 aliphatic rings. The van der Waals surface area contributed by atoms with Crippen LogP contribution in [0.3, 0.4) is 0 Å². The molecular formula is C28H24ClF2N3O4S. The van der Waals surface area contributed by atoms with Gasteiger partial charge in [-0.3, -0.25) is 14.5 Å². The van der Waals surface area contributed by atoms with Gasteiger partial charge in [0, 0.05) is 35.3 Å². The fraction of sp³-hybridized carbons (Fsp3) is 0.214. The first-order chi connectivity index (χ1) is 18.6. The smallest absolute Gasteiger partial charge is 0.264 e. The SMILES string of the molecule is O=C(c1c(F)cc(NS(=O)(=O)c2cccc3cccnc23)cc1F)N1CCCC(O)(c2ccccc2Cl)CC1. The highest BCUT2D eigenvalue weighted by molar-refractivity contribution is 7.93. The number of rotatable bonds is 5. The average molecular weight is 572 g/mol. The molecule has 1 saturated heterocycles. The molecule has 5 rings (SSSR count). The summed E-state index contributed by atoms with van der Waals surface area (Å²) in [5.41, 5.74) is -1.72. The van der Waals surface area contributed by atoms with Crippen molar-refractivity contribution in [3.05, 3.63) is 101 Å². The Bertz CT molecular complexity index is 1660. The molecule has 7 nitrogen and oxygen atoms in total. The number of likely N-dealkylation sites (tertiary alicyclic amines) is 1. The molecule has 11 heteroatoms. The molecule has 2 heterocycles. The van der Waals surface area contributed by atoms with Crippen LogP contribution in [0.15, 0.2) is 77.8 Å². The van der Waals surface area contributed by atoms with Gasteiger partial charge in [-0.2, -0.15) is 0 Å². The number of carbonyl (C=O) groups excluding carboxylic acids is 1. The van der Waals surface area contributed by atoms with Crippen LogP contribution >= 0.6 is 11.6 Å². The Morgan fingerprint density at radius 2 is 1.72 bits per heavy atom. The second kappa shape index (κ2) is 10.5. The van der Waals surface area contributed by atoms with Gasteiger partial charge in [0.15, 0.2) is 0 Å². The summed E-state index contributed by atoms with van der Waals surface area (Å²) >= 11 is 6.27. The highest BCUT2D eigenvalue weighted by Gasteiger charge is 2.36. The van der Waals surface area contributed by atoms with E-state index in [4.69, 9.17) is 11.6 Å². The lowest BCUT2D eigenvalue weighted by molar-refractivity contribution is 0.0213. The lowest BCUT2D eigenvalue weighted by atomic mass is 9.87. The van der Waals surface area contributed by atoms with Gasteiger partial charge in [-0.15, -0.1) is 0 Å². The number of benzene rings is 3. The number of aliphatic hydroxyl groups is 1. The van der Waals surface area contributed by atoms with E-state index in [1.165, 1.54) is 23.2 Å². The van der Waals surface area contributed by atoms with E-state index in [-0.39, 0.29) is 35.6 Å². The Kier molecular flexibility index (Phi) is 7.28. The largest absolute Gasteiger partial charge is 0.385 e. The maximum absolute atomic E-state index is 15.1. The molecule has 1 atom stereocenters. The Morgan fingerprint density at radius 3 is 2.46 bits per heavy atom. The van der Waals surface area contributed by atoms with E-state index < -0.39 is 38.7 Å². The minimum absolute atomic E-state index is 0.0436. The fourth-order valence-electron chi connectivity index (χ4n) is 4.93. The molecule has 1 amide bonds. The van der Waals surface area contributed by atoms with Crippen LogP contribution in [0.2, 0.25) is 5.02 Å². The summed E-state index contributed by atoms with van der Waals surface area (Å²) in [6.45, 7) is 0.217. The summed E-state index contributed by atoms with van der Waals surface area (Å²) in [7, 11) is -4.25. The van der Waals surface area contributed by atoms with Gasteiger partial charge in [0.2, 0.25) is 0 Å². The summed E-state index contributed by atoms with van der Waals surface area (Å²) in [4.78, 5) is 18.4. The number of para-hydroxylation sites is 1. The molecule has 0 aliphatic carbocycles. The van der Waals surface area contributed by atoms with Gasteiger partial charge in [0.05, 0.1) is 16.8 Å². The molecule has 202 valence electrons. The van der Waals surface area contributed by atoms with Gasteiger partial charge in [-0.25, -0.2) is 17.2 Å². The van der Waals surface area contributed by atoms with Crippen molar-refractivity contribution in [2.75, 3.05) is 17.8 Å². The second-order valence-corrected chi connectivity index (χ2v) is 11.5. The normalized spacial score (nSPS) is 18.1. The quantitative estimate of drug-likeness (QED) is 0.330. The monoisotopic (exact) mass is 571 g/mol. The third kappa shape index (κ3) is 5.32. The predicted molar refractivity (Wildman–Crippen MR) is 144 cm³/mol. The molecule has 1 aromatic heterocycles. The van der Waals surface area contributed by atoms with Crippen molar-refractivity contribution in [2.45, 2.75) is 29.8 Å². The summed E-state index contributed by atoms with van der Waals surface area (Å²) in [5, 5.41) is 12.2. The molecule has 0 saturated carbocycles. The summed E-state index contributed by atoms with van der Waals surface area (Å²) in [6.07, 6.45) is 2.27. The van der Waals surface area contributed by atoms with Crippen molar-refractivity contribution < 1.29 is 27.1 Å². The van der Waals surface area contributed by atoms with Crippen LogP contribution in [0.5, 0.6) is 0 Å². The molecule has 1 fully saturated rings. The van der Waals surface area contributed by atoms with Gasteiger partial charge in [0.1, 0.15) is 22.1 Å². The van der Waals surface area contributed by atoms with Crippen LogP contribution in [0, 0.1) is 11.6 Å². The van der Waals surface area contributed by atoms with Crippen LogP contribution in [-0.4, -0.2) is 42.4 Å². The number of carbonyl (C=O) groups is 1. The molecule has 3 aromatic carbocycles. The van der Waals surface area contributed by atoms with E-state index in [2.05, 4.69) is 9.71 Å². The predicted octanol–water partition coefficient (Wildman–Crippen LogP) is 5.48. The van der Waals surface area contributed by atoms with E-state index in [9.17, 15) is 18.3 Å². The van der Waals surface area contributed by atoms with E-state index in [1.54, 1.807) is 42.5 Å². The number of fused-ring (bicyclic) bond motifs is 1. The summed E-state index contributed by atoms with van der Waals surface area (Å²) in [5.74, 6) is -3.31. The van der Waals surface area contributed by atoms with Crippen LogP contribution in [0.4, 0.5) is 14.5 Å². The van der Waals surface area contributed by atoms with Gasteiger partial charge in [-0.1, -0.05) is 48.0 Å². The van der Waals surface area contributed by atoms with E-state index in [0.717, 1.165) is 12.1 Å². The average Bonchev–Trinajstić information content (AvgIpc) is 3.10. The number of sulfonamides is 1. The highest BCUT2D eigenvalue weighted by atomic mass is 35.5. The lowest BCUT2D eigenvalue weighted by Gasteiger charge is -2.28. The second-order valence-electron chi connectivity index (χ2n) is 9.41. The van der Waals surface area contributed by atoms with Crippen molar-refractivity contribution in [1.29, 1.82) is 0 Å². The number of halogens is 3. The molecule has 0 spiro atoms. The Morgan fingerprint density at radius 1 is 1.00 bits per heavy atom. The van der Waals surface area contributed by atoms with Gasteiger partial charge in [-0.05, 0) is 49.6 Å². The highest BCUT2D eigenvalue weighted by Crippen LogP contribution is 2.37. The topological polar surface area (TPSA) is 99.6 Å². The first kappa shape index (κ1) is 27.0. The maximum atomic E-state index is 15.1. The number of hydrogen-bond donors (Lipinski definition) is 2. The van der Waals surface area contributed by atoms with Crippen molar-refractivity contribution in [3.63, 3.8) is 0 Å². The van der Waals surface area contributed by atoms with Gasteiger partial charge >= 0.3 is 0 Å². The molecular weight excluding hydrogens is 548 g/mol. The molecule has 1 aliphatic heterocycles. The zero-order chi connectivity index (χ0) is 27.8. The third-order valence-electron chi connectivity index (χ3n) is 6.87. The van der Waals surface area contributed by atoms with Crippen molar-refractivity contribution >= 4 is 44.1 Å². The summed E-state index contributed by atoms with van der Waals surface area (Å²) < 4.78 is 58.5. The third-order valence-corrected chi connectivity index (χ3v) is 8.61. The first-order valence-corrected chi connectivity index (χ1v) is 14.1. The Hall–Kier alpha value is -3.60. The fourth-order valence-corrected chi connectivity index (χ4v) is 6.46. The number of aromatic nitrogens is 1. The number of hydrogen-bond acceptors (Lipinski definition) is 5. The van der Waals surface area contributed by atoms with Gasteiger partial charge < -0.3 is 10.0 Å². The summed E-state index contributed by atoms with van der Waals surface area (Å²) in [6, 6.07) is 16.3. The molecule has 2 N–H and O–H groups in total. The first-order valence-electron chi connectivity index (χ1n) is 12.2. The number of amides is 1. The van der Waals surface area contributed by atoms with Crippen LogP contribution < -0.4 is 4.72 Å². The zero-order valence-corrected chi connectivity index (χ0v) is 22.1. The molecule has 1 unspecified atom stereocenters. The number of nitrogens with zero attached hydrogens (tertiary/aromatic N) is 2. The molecule has 0 radical (unpaired) electrons. The zero-order valence-electron chi connectivity index (χ0n) is 20.6. The van der Waals surface area contributed by atoms with E-state index in [1.807, 2.05) is 0 Å². The maximum Gasteiger partial charge on any atom is 0.264 e. The number of anilines is 1. The number of nitrogens with one attached hydrogen (secondary N) is 1. The van der Waals surface area contributed by atoms with Crippen molar-refractivity contribution in [3.8, 4) is 0 Å². The minimum Gasteiger partial charge on any atom is -0.385 e. The van der Waals surface area contributed by atoms with Crippen LogP contribution in [0.1, 0.15) is 35.2 Å². The van der Waals surface area contributed by atoms with Crippen LogP contribution in [-0.2, 0) is 15.6 Å². The Labute approximate surface area is 229 Å². The van der Waals surface area contributed by atoms with Crippen molar-refractivity contribution in [1.82, 2.24) is 9.88 Å². The molecule has 39 heavy (non-hydrogen) atoms. The van der Waals surface area contributed by atoms with Crippen LogP contribution in [0.25, 0.3) is 10.9 Å². The van der Waals surface area contributed by atoms with E-state index in [0.29, 0.717) is 28.8 Å². The lowest BCUT2D eigenvalue weighted by Crippen LogP contribution is -2.35. The molecule has 4 aromatic rings. The van der Waals surface area contributed by atoms with E-state index >= 15 is 8.78 Å².